The maximum atomic E-state index is 10.0. The number of fused-ring (bicyclic) bond motifs is 1. The van der Waals surface area contributed by atoms with Crippen LogP contribution >= 0.6 is 11.8 Å². The van der Waals surface area contributed by atoms with Gasteiger partial charge in [0.2, 0.25) is 0 Å². The molecule has 0 radical (unpaired) electrons. The average molecular weight is 292 g/mol. The number of thioether (sulfide) groups is 1. The zero-order valence-corrected chi connectivity index (χ0v) is 12.4. The summed E-state index contributed by atoms with van der Waals surface area (Å²) >= 11 is 1.66. The van der Waals surface area contributed by atoms with Crippen molar-refractivity contribution in [1.82, 2.24) is 9.97 Å². The molecular weight excluding hydrogens is 272 g/mol. The van der Waals surface area contributed by atoms with Crippen molar-refractivity contribution in [3.63, 3.8) is 0 Å². The number of nitrogens with one attached hydrogen (secondary N) is 1. The summed E-state index contributed by atoms with van der Waals surface area (Å²) in [5, 5.41) is 11.2. The van der Waals surface area contributed by atoms with Crippen molar-refractivity contribution < 1.29 is 9.84 Å². The number of imidazole rings is 1. The van der Waals surface area contributed by atoms with Gasteiger partial charge in [-0.25, -0.2) is 4.98 Å². The van der Waals surface area contributed by atoms with Crippen LogP contribution in [0.3, 0.4) is 0 Å². The van der Waals surface area contributed by atoms with Crippen molar-refractivity contribution in [2.75, 3.05) is 6.61 Å². The molecule has 20 heavy (non-hydrogen) atoms. The van der Waals surface area contributed by atoms with Crippen LogP contribution in [-0.4, -0.2) is 33.0 Å². The molecule has 1 aromatic heterocycles. The van der Waals surface area contributed by atoms with E-state index >= 15 is 0 Å². The normalized spacial score (nSPS) is 23.1. The number of nitrogens with zero attached hydrogens (tertiary/aromatic N) is 1. The minimum absolute atomic E-state index is 0.207. The van der Waals surface area contributed by atoms with Crippen LogP contribution in [0.2, 0.25) is 0 Å². The first-order chi connectivity index (χ1) is 9.76. The molecule has 0 amide bonds. The Morgan fingerprint density at radius 1 is 1.40 bits per heavy atom. The van der Waals surface area contributed by atoms with Crippen molar-refractivity contribution in [2.24, 2.45) is 0 Å². The lowest BCUT2D eigenvalue weighted by atomic mass is 9.97. The molecule has 0 aliphatic heterocycles. The van der Waals surface area contributed by atoms with Gasteiger partial charge in [-0.2, -0.15) is 0 Å². The maximum Gasteiger partial charge on any atom is 0.166 e. The highest BCUT2D eigenvalue weighted by atomic mass is 32.2. The third-order valence-electron chi connectivity index (χ3n) is 3.67. The molecule has 2 aromatic rings. The minimum Gasteiger partial charge on any atom is -0.494 e. The SMILES string of the molecule is CCOc1ccc2nc(S[C@@H]3CCCC[C@H]3O)[nH]c2c1. The maximum absolute atomic E-state index is 10.0. The van der Waals surface area contributed by atoms with E-state index in [4.69, 9.17) is 4.74 Å². The van der Waals surface area contributed by atoms with Crippen LogP contribution in [0.1, 0.15) is 32.6 Å². The molecule has 1 aliphatic rings. The predicted octanol–water partition coefficient (Wildman–Crippen LogP) is 3.36. The average Bonchev–Trinajstić information content (AvgIpc) is 2.83. The number of aliphatic hydroxyl groups is 1. The lowest BCUT2D eigenvalue weighted by molar-refractivity contribution is 0.137. The predicted molar refractivity (Wildman–Crippen MR) is 81.4 cm³/mol. The topological polar surface area (TPSA) is 58.1 Å². The van der Waals surface area contributed by atoms with Gasteiger partial charge in [0.1, 0.15) is 5.75 Å². The molecular formula is C15H20N2O2S. The van der Waals surface area contributed by atoms with Crippen molar-refractivity contribution in [3.8, 4) is 5.75 Å². The molecule has 1 aliphatic carbocycles. The van der Waals surface area contributed by atoms with E-state index in [1.165, 1.54) is 6.42 Å². The smallest absolute Gasteiger partial charge is 0.166 e. The second kappa shape index (κ2) is 6.06. The van der Waals surface area contributed by atoms with Crippen molar-refractivity contribution >= 4 is 22.8 Å². The van der Waals surface area contributed by atoms with E-state index < -0.39 is 0 Å². The largest absolute Gasteiger partial charge is 0.494 e. The summed E-state index contributed by atoms with van der Waals surface area (Å²) in [7, 11) is 0. The minimum atomic E-state index is -0.207. The van der Waals surface area contributed by atoms with Crippen LogP contribution in [0.5, 0.6) is 5.75 Å². The number of rotatable bonds is 4. The van der Waals surface area contributed by atoms with Gasteiger partial charge >= 0.3 is 0 Å². The van der Waals surface area contributed by atoms with E-state index in [0.717, 1.165) is 41.2 Å². The zero-order valence-electron chi connectivity index (χ0n) is 11.6. The summed E-state index contributed by atoms with van der Waals surface area (Å²) in [5.74, 6) is 0.859. The van der Waals surface area contributed by atoms with Gasteiger partial charge < -0.3 is 14.8 Å². The van der Waals surface area contributed by atoms with E-state index in [9.17, 15) is 5.11 Å². The summed E-state index contributed by atoms with van der Waals surface area (Å²) in [5.41, 5.74) is 1.94. The number of benzene rings is 1. The Hall–Kier alpha value is -1.20. The summed E-state index contributed by atoms with van der Waals surface area (Å²) in [4.78, 5) is 7.91. The van der Waals surface area contributed by atoms with Gasteiger partial charge in [0.25, 0.3) is 0 Å². The molecule has 1 aromatic carbocycles. The first kappa shape index (κ1) is 13.8. The third kappa shape index (κ3) is 2.94. The summed E-state index contributed by atoms with van der Waals surface area (Å²) in [6.07, 6.45) is 4.10. The van der Waals surface area contributed by atoms with Gasteiger partial charge in [0, 0.05) is 11.3 Å². The standard InChI is InChI=1S/C15H20N2O2S/c1-2-19-10-7-8-11-12(9-10)17-15(16-11)20-14-6-4-3-5-13(14)18/h7-9,13-14,18H,2-6H2,1H3,(H,16,17)/t13-,14-/m1/s1. The number of hydrogen-bond acceptors (Lipinski definition) is 4. The Labute approximate surface area is 122 Å². The van der Waals surface area contributed by atoms with Gasteiger partial charge in [-0.05, 0) is 31.9 Å². The van der Waals surface area contributed by atoms with E-state index in [0.29, 0.717) is 6.61 Å². The second-order valence-electron chi connectivity index (χ2n) is 5.16. The Morgan fingerprint density at radius 2 is 2.25 bits per heavy atom. The van der Waals surface area contributed by atoms with Gasteiger partial charge in [-0.15, -0.1) is 0 Å². The van der Waals surface area contributed by atoms with Gasteiger partial charge in [-0.1, -0.05) is 24.6 Å². The lowest BCUT2D eigenvalue weighted by Crippen LogP contribution is -2.26. The Morgan fingerprint density at radius 3 is 3.05 bits per heavy atom. The molecule has 108 valence electrons. The number of aromatic nitrogens is 2. The lowest BCUT2D eigenvalue weighted by Gasteiger charge is -2.25. The first-order valence-corrected chi connectivity index (χ1v) is 8.11. The van der Waals surface area contributed by atoms with Crippen LogP contribution < -0.4 is 4.74 Å². The van der Waals surface area contributed by atoms with Crippen LogP contribution in [-0.2, 0) is 0 Å². The molecule has 1 heterocycles. The second-order valence-corrected chi connectivity index (χ2v) is 6.39. The van der Waals surface area contributed by atoms with E-state index in [1.807, 2.05) is 25.1 Å². The summed E-state index contributed by atoms with van der Waals surface area (Å²) in [6.45, 7) is 2.64. The van der Waals surface area contributed by atoms with E-state index in [1.54, 1.807) is 11.8 Å². The number of H-pyrrole nitrogens is 1. The van der Waals surface area contributed by atoms with Gasteiger partial charge in [0.05, 0.1) is 23.7 Å². The Kier molecular flexibility index (Phi) is 4.17. The highest BCUT2D eigenvalue weighted by Gasteiger charge is 2.25. The van der Waals surface area contributed by atoms with E-state index in [2.05, 4.69) is 9.97 Å². The number of aromatic amines is 1. The highest BCUT2D eigenvalue weighted by Crippen LogP contribution is 2.33. The molecule has 1 saturated carbocycles. The molecule has 0 saturated heterocycles. The van der Waals surface area contributed by atoms with Crippen LogP contribution in [0.4, 0.5) is 0 Å². The van der Waals surface area contributed by atoms with Gasteiger partial charge in [-0.3, -0.25) is 0 Å². The van der Waals surface area contributed by atoms with Gasteiger partial charge in [0.15, 0.2) is 5.16 Å². The Bertz CT molecular complexity index is 584. The quantitative estimate of drug-likeness (QED) is 0.907. The monoisotopic (exact) mass is 292 g/mol. The van der Waals surface area contributed by atoms with Crippen LogP contribution in [0, 0.1) is 0 Å². The van der Waals surface area contributed by atoms with Crippen molar-refractivity contribution in [2.45, 2.75) is 49.1 Å². The molecule has 5 heteroatoms. The Balaban J connectivity index is 1.78. The van der Waals surface area contributed by atoms with Crippen molar-refractivity contribution in [3.05, 3.63) is 18.2 Å². The van der Waals surface area contributed by atoms with E-state index in [-0.39, 0.29) is 11.4 Å². The molecule has 0 spiro atoms. The fourth-order valence-electron chi connectivity index (χ4n) is 2.64. The summed E-state index contributed by atoms with van der Waals surface area (Å²) < 4.78 is 5.50. The first-order valence-electron chi connectivity index (χ1n) is 7.23. The molecule has 2 N–H and O–H groups in total. The van der Waals surface area contributed by atoms with Crippen LogP contribution in [0.25, 0.3) is 11.0 Å². The molecule has 2 atom stereocenters. The van der Waals surface area contributed by atoms with Crippen LogP contribution in [0.15, 0.2) is 23.4 Å². The fourth-order valence-corrected chi connectivity index (χ4v) is 3.82. The number of hydrogen-bond donors (Lipinski definition) is 2. The molecule has 0 unspecified atom stereocenters. The fraction of sp³-hybridized carbons (Fsp3) is 0.533. The zero-order chi connectivity index (χ0) is 13.9. The van der Waals surface area contributed by atoms with Crippen molar-refractivity contribution in [1.29, 1.82) is 0 Å². The molecule has 3 rings (SSSR count). The highest BCUT2D eigenvalue weighted by molar-refractivity contribution is 7.99. The summed E-state index contributed by atoms with van der Waals surface area (Å²) in [6, 6.07) is 5.89. The number of ether oxygens (including phenoxy) is 1. The molecule has 4 nitrogen and oxygen atoms in total. The third-order valence-corrected chi connectivity index (χ3v) is 4.94. The molecule has 1 fully saturated rings. The molecule has 0 bridgehead atoms. The number of aliphatic hydroxyl groups excluding tert-OH is 1.